The third-order valence-corrected chi connectivity index (χ3v) is 4.23. The largest absolute Gasteiger partial charge is 0.380 e. The maximum atomic E-state index is 5.65. The molecule has 1 aliphatic rings. The Labute approximate surface area is 120 Å². The quantitative estimate of drug-likeness (QED) is 0.803. The zero-order valence-corrected chi connectivity index (χ0v) is 13.8. The molecule has 1 heterocycles. The van der Waals surface area contributed by atoms with Crippen LogP contribution < -0.4 is 5.32 Å². The molecule has 3 atom stereocenters. The molecule has 0 amide bonds. The highest BCUT2D eigenvalue weighted by atomic mass is 16.5. The molecule has 0 aromatic rings. The second-order valence-electron chi connectivity index (χ2n) is 7.11. The Balaban J connectivity index is 2.55. The predicted octanol–water partition coefficient (Wildman–Crippen LogP) is 2.90. The van der Waals surface area contributed by atoms with Gasteiger partial charge >= 0.3 is 0 Å². The summed E-state index contributed by atoms with van der Waals surface area (Å²) in [5.74, 6) is 0.694. The molecule has 0 spiro atoms. The van der Waals surface area contributed by atoms with Crippen LogP contribution in [0.4, 0.5) is 0 Å². The molecule has 1 fully saturated rings. The number of nitrogens with one attached hydrogen (secondary N) is 1. The number of hydrogen-bond acceptors (Lipinski definition) is 3. The van der Waals surface area contributed by atoms with Crippen molar-refractivity contribution in [2.24, 2.45) is 5.92 Å². The summed E-state index contributed by atoms with van der Waals surface area (Å²) in [6, 6.07) is 0.648. The highest BCUT2D eigenvalue weighted by molar-refractivity contribution is 4.85. The topological polar surface area (TPSA) is 24.5 Å². The molecule has 0 aromatic heterocycles. The lowest BCUT2D eigenvalue weighted by molar-refractivity contribution is -0.0207. The van der Waals surface area contributed by atoms with Gasteiger partial charge in [-0.15, -0.1) is 0 Å². The minimum absolute atomic E-state index is 0.204. The van der Waals surface area contributed by atoms with Crippen molar-refractivity contribution in [2.45, 2.75) is 71.6 Å². The summed E-state index contributed by atoms with van der Waals surface area (Å²) in [5.41, 5.74) is 0.204. The molecule has 19 heavy (non-hydrogen) atoms. The van der Waals surface area contributed by atoms with E-state index in [1.54, 1.807) is 0 Å². The molecule has 1 rings (SSSR count). The van der Waals surface area contributed by atoms with Crippen molar-refractivity contribution >= 4 is 0 Å². The summed E-state index contributed by atoms with van der Waals surface area (Å²) in [4.78, 5) is 2.64. The standard InChI is InChI=1S/C16H34N2O/c1-7-8-14(11-17-16(3,4)5)18-10-9-13(2)15(12-18)19-6/h13-15,17H,7-12H2,1-6H3. The number of methoxy groups -OCH3 is 1. The molecule has 0 bridgehead atoms. The minimum atomic E-state index is 0.204. The van der Waals surface area contributed by atoms with E-state index in [1.165, 1.54) is 25.8 Å². The Morgan fingerprint density at radius 3 is 2.58 bits per heavy atom. The van der Waals surface area contributed by atoms with Crippen LogP contribution in [-0.4, -0.2) is 49.3 Å². The summed E-state index contributed by atoms with van der Waals surface area (Å²) in [6.45, 7) is 14.7. The van der Waals surface area contributed by atoms with Gasteiger partial charge in [-0.3, -0.25) is 4.90 Å². The van der Waals surface area contributed by atoms with Crippen LogP contribution in [0.5, 0.6) is 0 Å². The van der Waals surface area contributed by atoms with Gasteiger partial charge in [-0.05, 0) is 46.1 Å². The second-order valence-corrected chi connectivity index (χ2v) is 7.11. The number of nitrogens with zero attached hydrogens (tertiary/aromatic N) is 1. The van der Waals surface area contributed by atoms with Crippen molar-refractivity contribution in [3.8, 4) is 0 Å². The van der Waals surface area contributed by atoms with Gasteiger partial charge < -0.3 is 10.1 Å². The first-order valence-corrected chi connectivity index (χ1v) is 7.89. The van der Waals surface area contributed by atoms with E-state index < -0.39 is 0 Å². The number of ether oxygens (including phenoxy) is 1. The van der Waals surface area contributed by atoms with Crippen LogP contribution in [0.2, 0.25) is 0 Å². The SMILES string of the molecule is CCCC(CNC(C)(C)C)N1CCC(C)C(OC)C1. The zero-order valence-electron chi connectivity index (χ0n) is 13.8. The second kappa shape index (κ2) is 7.61. The lowest BCUT2D eigenvalue weighted by atomic mass is 9.93. The third-order valence-electron chi connectivity index (χ3n) is 4.23. The normalized spacial score (nSPS) is 27.5. The smallest absolute Gasteiger partial charge is 0.0724 e. The van der Waals surface area contributed by atoms with Gasteiger partial charge in [0.2, 0.25) is 0 Å². The Bertz CT molecular complexity index is 250. The molecule has 114 valence electrons. The van der Waals surface area contributed by atoms with E-state index in [0.717, 1.165) is 13.1 Å². The van der Waals surface area contributed by atoms with Gasteiger partial charge in [0.1, 0.15) is 0 Å². The van der Waals surface area contributed by atoms with Crippen molar-refractivity contribution in [3.63, 3.8) is 0 Å². The molecule has 3 nitrogen and oxygen atoms in total. The molecule has 1 aliphatic heterocycles. The molecule has 0 saturated carbocycles. The van der Waals surface area contributed by atoms with Crippen molar-refractivity contribution in [1.82, 2.24) is 10.2 Å². The monoisotopic (exact) mass is 270 g/mol. The molecule has 3 unspecified atom stereocenters. The van der Waals surface area contributed by atoms with Crippen molar-refractivity contribution in [1.29, 1.82) is 0 Å². The summed E-state index contributed by atoms with van der Waals surface area (Å²) >= 11 is 0. The van der Waals surface area contributed by atoms with Crippen LogP contribution >= 0.6 is 0 Å². The molecule has 1 N–H and O–H groups in total. The highest BCUT2D eigenvalue weighted by Gasteiger charge is 2.30. The average Bonchev–Trinajstić information content (AvgIpc) is 2.34. The average molecular weight is 270 g/mol. The Morgan fingerprint density at radius 2 is 2.05 bits per heavy atom. The van der Waals surface area contributed by atoms with Gasteiger partial charge in [0.05, 0.1) is 6.10 Å². The zero-order chi connectivity index (χ0) is 14.5. The van der Waals surface area contributed by atoms with Crippen molar-refractivity contribution in [2.75, 3.05) is 26.7 Å². The first-order valence-electron chi connectivity index (χ1n) is 7.89. The summed E-state index contributed by atoms with van der Waals surface area (Å²) < 4.78 is 5.65. The van der Waals surface area contributed by atoms with Crippen LogP contribution in [-0.2, 0) is 4.74 Å². The number of rotatable bonds is 6. The van der Waals surface area contributed by atoms with Crippen LogP contribution in [0.25, 0.3) is 0 Å². The number of hydrogen-bond donors (Lipinski definition) is 1. The number of likely N-dealkylation sites (tertiary alicyclic amines) is 1. The summed E-state index contributed by atoms with van der Waals surface area (Å²) in [6.07, 6.45) is 4.19. The fourth-order valence-corrected chi connectivity index (χ4v) is 2.87. The van der Waals surface area contributed by atoms with Gasteiger partial charge in [0.25, 0.3) is 0 Å². The fourth-order valence-electron chi connectivity index (χ4n) is 2.87. The summed E-state index contributed by atoms with van der Waals surface area (Å²) in [5, 5.41) is 3.67. The predicted molar refractivity (Wildman–Crippen MR) is 82.6 cm³/mol. The van der Waals surface area contributed by atoms with E-state index in [2.05, 4.69) is 44.8 Å². The fraction of sp³-hybridized carbons (Fsp3) is 1.00. The van der Waals surface area contributed by atoms with Crippen molar-refractivity contribution in [3.05, 3.63) is 0 Å². The maximum Gasteiger partial charge on any atom is 0.0724 e. The lowest BCUT2D eigenvalue weighted by Gasteiger charge is -2.41. The summed E-state index contributed by atoms with van der Waals surface area (Å²) in [7, 11) is 1.85. The van der Waals surface area contributed by atoms with Gasteiger partial charge in [-0.25, -0.2) is 0 Å². The molecule has 3 heteroatoms. The van der Waals surface area contributed by atoms with E-state index in [9.17, 15) is 0 Å². The first kappa shape index (κ1) is 16.9. The van der Waals surface area contributed by atoms with Crippen LogP contribution in [0.3, 0.4) is 0 Å². The third kappa shape index (κ3) is 5.80. The van der Waals surface area contributed by atoms with E-state index in [1.807, 2.05) is 7.11 Å². The Morgan fingerprint density at radius 1 is 1.37 bits per heavy atom. The number of piperidine rings is 1. The lowest BCUT2D eigenvalue weighted by Crippen LogP contribution is -2.53. The Kier molecular flexibility index (Phi) is 6.78. The molecule has 1 saturated heterocycles. The van der Waals surface area contributed by atoms with Crippen LogP contribution in [0.15, 0.2) is 0 Å². The van der Waals surface area contributed by atoms with Gasteiger partial charge in [0, 0.05) is 31.8 Å². The van der Waals surface area contributed by atoms with E-state index in [0.29, 0.717) is 18.1 Å². The van der Waals surface area contributed by atoms with Crippen LogP contribution in [0.1, 0.15) is 53.9 Å². The van der Waals surface area contributed by atoms with E-state index in [4.69, 9.17) is 4.74 Å². The van der Waals surface area contributed by atoms with E-state index >= 15 is 0 Å². The highest BCUT2D eigenvalue weighted by Crippen LogP contribution is 2.22. The minimum Gasteiger partial charge on any atom is -0.380 e. The van der Waals surface area contributed by atoms with Crippen molar-refractivity contribution < 1.29 is 4.74 Å². The molecular weight excluding hydrogens is 236 g/mol. The molecule has 0 aliphatic carbocycles. The maximum absolute atomic E-state index is 5.65. The molecule has 0 radical (unpaired) electrons. The van der Waals surface area contributed by atoms with Gasteiger partial charge in [-0.2, -0.15) is 0 Å². The first-order chi connectivity index (χ1) is 8.87. The Hall–Kier alpha value is -0.120. The molecule has 0 aromatic carbocycles. The van der Waals surface area contributed by atoms with Crippen LogP contribution in [0, 0.1) is 5.92 Å². The van der Waals surface area contributed by atoms with Gasteiger partial charge in [-0.1, -0.05) is 20.3 Å². The molecular formula is C16H34N2O. The van der Waals surface area contributed by atoms with Gasteiger partial charge in [0.15, 0.2) is 0 Å². The van der Waals surface area contributed by atoms with E-state index in [-0.39, 0.29) is 5.54 Å².